The standard InChI is InChI=1S/C5H10N2O4/c1-3(4(8)11-7)2-10-5(6)9/h3H,2,7H2,1H3,(H2,6,9). The minimum Gasteiger partial charge on any atom is -0.449 e. The first-order valence-corrected chi connectivity index (χ1v) is 2.90. The Labute approximate surface area is 63.4 Å². The summed E-state index contributed by atoms with van der Waals surface area (Å²) in [6.07, 6.45) is -0.929. The predicted molar refractivity (Wildman–Crippen MR) is 35.0 cm³/mol. The smallest absolute Gasteiger partial charge is 0.404 e. The second-order valence-electron chi connectivity index (χ2n) is 1.97. The van der Waals surface area contributed by atoms with Crippen molar-refractivity contribution in [3.63, 3.8) is 0 Å². The van der Waals surface area contributed by atoms with Gasteiger partial charge in [-0.2, -0.15) is 5.90 Å². The van der Waals surface area contributed by atoms with E-state index in [1.54, 1.807) is 0 Å². The Kier molecular flexibility index (Phi) is 3.97. The molecule has 0 aliphatic carbocycles. The highest BCUT2D eigenvalue weighted by Crippen LogP contribution is 1.96. The van der Waals surface area contributed by atoms with Gasteiger partial charge in [0.25, 0.3) is 0 Å². The molecule has 1 atom stereocenters. The van der Waals surface area contributed by atoms with Crippen LogP contribution < -0.4 is 11.6 Å². The van der Waals surface area contributed by atoms with Crippen molar-refractivity contribution in [3.8, 4) is 0 Å². The number of hydrogen-bond acceptors (Lipinski definition) is 5. The first-order valence-electron chi connectivity index (χ1n) is 2.90. The Balaban J connectivity index is 3.60. The Morgan fingerprint density at radius 1 is 1.55 bits per heavy atom. The van der Waals surface area contributed by atoms with E-state index >= 15 is 0 Å². The average molecular weight is 162 g/mol. The van der Waals surface area contributed by atoms with Gasteiger partial charge in [-0.3, -0.25) is 0 Å². The lowest BCUT2D eigenvalue weighted by atomic mass is 10.2. The third-order valence-electron chi connectivity index (χ3n) is 0.994. The molecule has 6 nitrogen and oxygen atoms in total. The summed E-state index contributed by atoms with van der Waals surface area (Å²) < 4.78 is 4.31. The molecule has 6 heteroatoms. The third kappa shape index (κ3) is 4.15. The van der Waals surface area contributed by atoms with Crippen LogP contribution in [0.5, 0.6) is 0 Å². The number of nitrogens with two attached hydrogens (primary N) is 2. The van der Waals surface area contributed by atoms with Crippen molar-refractivity contribution < 1.29 is 19.2 Å². The minimum absolute atomic E-state index is 0.120. The molecule has 0 spiro atoms. The van der Waals surface area contributed by atoms with E-state index < -0.39 is 18.0 Å². The van der Waals surface area contributed by atoms with Crippen LogP contribution in [0.4, 0.5) is 4.79 Å². The van der Waals surface area contributed by atoms with Gasteiger partial charge in [-0.25, -0.2) is 9.59 Å². The maximum absolute atomic E-state index is 10.5. The van der Waals surface area contributed by atoms with Gasteiger partial charge in [0, 0.05) is 0 Å². The topological polar surface area (TPSA) is 105 Å². The summed E-state index contributed by atoms with van der Waals surface area (Å²) in [7, 11) is 0. The van der Waals surface area contributed by atoms with E-state index in [0.29, 0.717) is 0 Å². The number of ether oxygens (including phenoxy) is 1. The van der Waals surface area contributed by atoms with Gasteiger partial charge < -0.3 is 15.3 Å². The van der Waals surface area contributed by atoms with Crippen LogP contribution in [0.3, 0.4) is 0 Å². The summed E-state index contributed by atoms with van der Waals surface area (Å²) in [6, 6.07) is 0. The molecule has 0 heterocycles. The molecule has 0 radical (unpaired) electrons. The summed E-state index contributed by atoms with van der Waals surface area (Å²) in [5.74, 6) is 3.32. The predicted octanol–water partition coefficient (Wildman–Crippen LogP) is -0.865. The summed E-state index contributed by atoms with van der Waals surface area (Å²) in [5.41, 5.74) is 4.64. The molecule has 0 aliphatic heterocycles. The van der Waals surface area contributed by atoms with Crippen LogP contribution in [0.1, 0.15) is 6.92 Å². The van der Waals surface area contributed by atoms with Crippen LogP contribution >= 0.6 is 0 Å². The maximum atomic E-state index is 10.5. The molecule has 0 aliphatic rings. The van der Waals surface area contributed by atoms with Crippen LogP contribution in [0.15, 0.2) is 0 Å². The second kappa shape index (κ2) is 4.51. The molecule has 0 aromatic carbocycles. The zero-order chi connectivity index (χ0) is 8.85. The lowest BCUT2D eigenvalue weighted by Crippen LogP contribution is -2.25. The molecule has 0 aromatic rings. The molecule has 11 heavy (non-hydrogen) atoms. The minimum atomic E-state index is -0.929. The van der Waals surface area contributed by atoms with Gasteiger partial charge in [0.1, 0.15) is 6.61 Å². The van der Waals surface area contributed by atoms with Crippen LogP contribution in [-0.2, 0) is 14.4 Å². The SMILES string of the molecule is CC(COC(N)=O)C(=O)ON. The number of carbonyl (C=O) groups is 2. The molecule has 4 N–H and O–H groups in total. The van der Waals surface area contributed by atoms with Crippen molar-refractivity contribution in [1.82, 2.24) is 0 Å². The molecule has 1 unspecified atom stereocenters. The first kappa shape index (κ1) is 9.70. The third-order valence-corrected chi connectivity index (χ3v) is 0.994. The largest absolute Gasteiger partial charge is 0.449 e. The number of rotatable bonds is 3. The lowest BCUT2D eigenvalue weighted by molar-refractivity contribution is -0.149. The zero-order valence-electron chi connectivity index (χ0n) is 6.07. The second-order valence-corrected chi connectivity index (χ2v) is 1.97. The van der Waals surface area contributed by atoms with E-state index in [1.807, 2.05) is 0 Å². The molecule has 0 fully saturated rings. The molecule has 0 aromatic heterocycles. The summed E-state index contributed by atoms with van der Waals surface area (Å²) in [6.45, 7) is 1.38. The van der Waals surface area contributed by atoms with Crippen molar-refractivity contribution in [2.45, 2.75) is 6.92 Å². The Morgan fingerprint density at radius 2 is 2.09 bits per heavy atom. The number of hydrogen-bond donors (Lipinski definition) is 2. The zero-order valence-corrected chi connectivity index (χ0v) is 6.07. The van der Waals surface area contributed by atoms with E-state index in [-0.39, 0.29) is 6.61 Å². The van der Waals surface area contributed by atoms with Gasteiger partial charge in [0.15, 0.2) is 0 Å². The van der Waals surface area contributed by atoms with Crippen molar-refractivity contribution in [2.24, 2.45) is 17.5 Å². The highest BCUT2D eigenvalue weighted by molar-refractivity contribution is 5.72. The van der Waals surface area contributed by atoms with Crippen LogP contribution in [0, 0.1) is 5.92 Å². The average Bonchev–Trinajstić information content (AvgIpc) is 1.98. The van der Waals surface area contributed by atoms with E-state index in [4.69, 9.17) is 0 Å². The molecular formula is C5H10N2O4. The Hall–Kier alpha value is -1.30. The normalized spacial score (nSPS) is 11.8. The van der Waals surface area contributed by atoms with Gasteiger partial charge in [-0.1, -0.05) is 0 Å². The fourth-order valence-electron chi connectivity index (χ4n) is 0.391. The van der Waals surface area contributed by atoms with E-state index in [9.17, 15) is 9.59 Å². The fourth-order valence-corrected chi connectivity index (χ4v) is 0.391. The Morgan fingerprint density at radius 3 is 2.45 bits per heavy atom. The number of primary amides is 1. The maximum Gasteiger partial charge on any atom is 0.404 e. The first-order chi connectivity index (χ1) is 5.07. The van der Waals surface area contributed by atoms with E-state index in [2.05, 4.69) is 21.2 Å². The van der Waals surface area contributed by atoms with E-state index in [1.165, 1.54) is 6.92 Å². The highest BCUT2D eigenvalue weighted by Gasteiger charge is 2.14. The lowest BCUT2D eigenvalue weighted by Gasteiger charge is -2.06. The van der Waals surface area contributed by atoms with Crippen molar-refractivity contribution in [1.29, 1.82) is 0 Å². The quantitative estimate of drug-likeness (QED) is 0.525. The van der Waals surface area contributed by atoms with Gasteiger partial charge in [0.05, 0.1) is 5.92 Å². The molecule has 0 saturated heterocycles. The molecule has 1 amide bonds. The number of amides is 1. The van der Waals surface area contributed by atoms with Crippen molar-refractivity contribution in [2.75, 3.05) is 6.61 Å². The van der Waals surface area contributed by atoms with Crippen LogP contribution in [0.25, 0.3) is 0 Å². The summed E-state index contributed by atoms with van der Waals surface area (Å²) >= 11 is 0. The van der Waals surface area contributed by atoms with Gasteiger partial charge in [-0.05, 0) is 6.92 Å². The van der Waals surface area contributed by atoms with Gasteiger partial charge in [-0.15, -0.1) is 0 Å². The van der Waals surface area contributed by atoms with Crippen molar-refractivity contribution >= 4 is 12.1 Å². The van der Waals surface area contributed by atoms with Gasteiger partial charge >= 0.3 is 12.1 Å². The van der Waals surface area contributed by atoms with Gasteiger partial charge in [0.2, 0.25) is 0 Å². The summed E-state index contributed by atoms with van der Waals surface area (Å²) in [5, 5.41) is 0. The van der Waals surface area contributed by atoms with Crippen LogP contribution in [0.2, 0.25) is 0 Å². The molecule has 64 valence electrons. The van der Waals surface area contributed by atoms with Crippen molar-refractivity contribution in [3.05, 3.63) is 0 Å². The summed E-state index contributed by atoms with van der Waals surface area (Å²) in [4.78, 5) is 24.4. The molecule has 0 saturated carbocycles. The Bertz CT molecular complexity index is 159. The molecule has 0 rings (SSSR count). The highest BCUT2D eigenvalue weighted by atomic mass is 16.7. The van der Waals surface area contributed by atoms with E-state index in [0.717, 1.165) is 0 Å². The monoisotopic (exact) mass is 162 g/mol. The number of carbonyl (C=O) groups excluding carboxylic acids is 2. The fraction of sp³-hybridized carbons (Fsp3) is 0.600. The van der Waals surface area contributed by atoms with Crippen LogP contribution in [-0.4, -0.2) is 18.7 Å². The molecule has 0 bridgehead atoms. The molecular weight excluding hydrogens is 152 g/mol.